The minimum Gasteiger partial charge on any atom is -0.435 e. The molecular formula is C19H57O16Si18. The van der Waals surface area contributed by atoms with Crippen LogP contribution in [0, 0.1) is 0 Å². The third-order valence-corrected chi connectivity index (χ3v) is 53.7. The largest absolute Gasteiger partial charge is 0.435 e. The summed E-state index contributed by atoms with van der Waals surface area (Å²) in [4.78, 5) is 0. The summed E-state index contributed by atoms with van der Waals surface area (Å²) in [7, 11) is -21.2. The number of hydrogen-bond donors (Lipinski definition) is 0. The first-order valence-corrected chi connectivity index (χ1v) is 50.0. The molecule has 3 heterocycles. The fourth-order valence-corrected chi connectivity index (χ4v) is 53.0. The van der Waals surface area contributed by atoms with Gasteiger partial charge in [0, 0.05) is 0 Å². The molecule has 13 radical (unpaired) electrons. The van der Waals surface area contributed by atoms with Crippen molar-refractivity contribution in [3.8, 4) is 0 Å². The molecule has 301 valence electrons. The molecule has 53 heavy (non-hydrogen) atoms. The van der Waals surface area contributed by atoms with Gasteiger partial charge in [0.15, 0.2) is 8.32 Å². The Balaban J connectivity index is 1.22. The number of hydrogen-bond acceptors (Lipinski definition) is 16. The second kappa shape index (κ2) is 27.3. The van der Waals surface area contributed by atoms with Crippen molar-refractivity contribution in [2.45, 2.75) is 120 Å². The topological polar surface area (TPSA) is 148 Å². The van der Waals surface area contributed by atoms with E-state index in [1.165, 1.54) is 0 Å². The van der Waals surface area contributed by atoms with Crippen LogP contribution in [0.2, 0.25) is 120 Å². The molecule has 3 rings (SSSR count). The molecule has 6 unspecified atom stereocenters. The highest BCUT2D eigenvalue weighted by molar-refractivity contribution is 6.82. The zero-order chi connectivity index (χ0) is 38.9. The third-order valence-electron chi connectivity index (χ3n) is 7.28. The van der Waals surface area contributed by atoms with Gasteiger partial charge in [0.1, 0.15) is 0 Å². The molecule has 0 aromatic heterocycles. The number of rotatable bonds is 20. The molecular weight excluding hydrogens is 990 g/mol. The molecule has 0 bridgehead atoms. The fraction of sp³-hybridized carbons (Fsp3) is 1.00. The van der Waals surface area contributed by atoms with Gasteiger partial charge in [-0.05, 0) is 120 Å². The Bertz CT molecular complexity index is 955. The zero-order valence-electron chi connectivity index (χ0n) is 32.8. The van der Waals surface area contributed by atoms with E-state index in [1.807, 2.05) is 6.55 Å². The maximum atomic E-state index is 6.55. The van der Waals surface area contributed by atoms with Gasteiger partial charge in [0.05, 0.1) is 0 Å². The van der Waals surface area contributed by atoms with Gasteiger partial charge in [-0.1, -0.05) is 0 Å². The van der Waals surface area contributed by atoms with Crippen LogP contribution < -0.4 is 0 Å². The average Bonchev–Trinajstić information content (AvgIpc) is 3.01. The normalized spacial score (nSPS) is 33.8. The van der Waals surface area contributed by atoms with Gasteiger partial charge in [-0.2, -0.15) is 0 Å². The zero-order valence-corrected chi connectivity index (χ0v) is 52.0. The van der Waals surface area contributed by atoms with E-state index in [0.717, 1.165) is 48.4 Å². The van der Waals surface area contributed by atoms with E-state index < -0.39 is 119 Å². The molecule has 3 fully saturated rings. The summed E-state index contributed by atoms with van der Waals surface area (Å²) >= 11 is 0. The van der Waals surface area contributed by atoms with Gasteiger partial charge in [0.25, 0.3) is 74.3 Å². The Kier molecular flexibility index (Phi) is 26.0. The highest BCUT2D eigenvalue weighted by Crippen LogP contribution is 2.24. The monoisotopic (exact) mass is 1040 g/mol. The lowest BCUT2D eigenvalue weighted by Gasteiger charge is -2.37. The lowest BCUT2D eigenvalue weighted by molar-refractivity contribution is 0.272. The first kappa shape index (κ1) is 50.6. The second-order valence-electron chi connectivity index (χ2n) is 13.0. The quantitative estimate of drug-likeness (QED) is 0.119. The van der Waals surface area contributed by atoms with Crippen LogP contribution in [-0.2, 0) is 65.8 Å². The van der Waals surface area contributed by atoms with E-state index >= 15 is 0 Å². The fourth-order valence-electron chi connectivity index (χ4n) is 5.13. The molecule has 34 heteroatoms. The Morgan fingerprint density at radius 2 is 0.887 bits per heavy atom. The summed E-state index contributed by atoms with van der Waals surface area (Å²) in [6, 6.07) is 7.06. The van der Waals surface area contributed by atoms with Crippen LogP contribution in [0.1, 0.15) is 0 Å². The summed E-state index contributed by atoms with van der Waals surface area (Å²) in [5.74, 6) is 0. The van der Waals surface area contributed by atoms with Crippen LogP contribution in [-0.4, -0.2) is 168 Å². The lowest BCUT2D eigenvalue weighted by atomic mass is 10.9. The molecule has 6 atom stereocenters. The lowest BCUT2D eigenvalue weighted by Crippen LogP contribution is -2.53. The minimum atomic E-state index is -2.41. The molecule has 0 aromatic carbocycles. The molecule has 0 aliphatic carbocycles. The molecule has 0 N–H and O–H groups in total. The summed E-state index contributed by atoms with van der Waals surface area (Å²) < 4.78 is 98.3. The van der Waals surface area contributed by atoms with Gasteiger partial charge in [-0.15, -0.1) is 0 Å². The SMILES string of the molecule is C[SiH]1O[Si](CC[Si]O[Si]O[Si]CC[Si]2(C)O[SiH](C)O[Si](CC[Si]O[Si]O[Si](C)(C)CC[Si]3O[SiH](C)O[SiH](C)O[SiH](C)O3)O[SiH](C)O2)O[SiH](C)O[SiH](C)O1. The summed E-state index contributed by atoms with van der Waals surface area (Å²) in [5.41, 5.74) is 0. The van der Waals surface area contributed by atoms with Crippen LogP contribution in [0.5, 0.6) is 0 Å². The molecule has 0 amide bonds. The first-order valence-electron chi connectivity index (χ1n) is 18.0. The van der Waals surface area contributed by atoms with E-state index in [0.29, 0.717) is 29.3 Å². The van der Waals surface area contributed by atoms with Crippen LogP contribution in [0.25, 0.3) is 0 Å². The highest BCUT2D eigenvalue weighted by Gasteiger charge is 2.40. The van der Waals surface area contributed by atoms with Gasteiger partial charge < -0.3 is 65.8 Å². The van der Waals surface area contributed by atoms with E-state index in [9.17, 15) is 0 Å². The Morgan fingerprint density at radius 1 is 0.509 bits per heavy atom. The molecule has 0 spiro atoms. The van der Waals surface area contributed by atoms with Crippen molar-refractivity contribution in [3.05, 3.63) is 0 Å². The van der Waals surface area contributed by atoms with E-state index in [2.05, 4.69) is 65.5 Å². The standard InChI is InChI=1S/C19H57O16Si18/c1-41-24-43(3)28-49(29-44(4)25-41)15-12-36-20-39-21-38-14-18-53(11)34-47(7)32-50(33-48(8)35-53)16-13-37-22-40-23-52(9,10)19-17-51-30-45(5)26-42(2)27-46(6)31-51/h41-48H,12-19H2,1-11H3. The van der Waals surface area contributed by atoms with Crippen LogP contribution in [0.4, 0.5) is 0 Å². The summed E-state index contributed by atoms with van der Waals surface area (Å²) in [6.07, 6.45) is 0. The first-order chi connectivity index (χ1) is 25.1. The molecule has 0 saturated carbocycles. The molecule has 3 saturated heterocycles. The van der Waals surface area contributed by atoms with Crippen LogP contribution in [0.15, 0.2) is 0 Å². The van der Waals surface area contributed by atoms with Crippen molar-refractivity contribution < 1.29 is 65.8 Å². The molecule has 16 nitrogen and oxygen atoms in total. The van der Waals surface area contributed by atoms with E-state index in [4.69, 9.17) is 65.8 Å². The van der Waals surface area contributed by atoms with Crippen molar-refractivity contribution in [1.82, 2.24) is 0 Å². The Morgan fingerprint density at radius 3 is 1.34 bits per heavy atom. The van der Waals surface area contributed by atoms with Crippen molar-refractivity contribution >= 4 is 168 Å². The van der Waals surface area contributed by atoms with Crippen LogP contribution >= 0.6 is 0 Å². The molecule has 3 aliphatic rings. The van der Waals surface area contributed by atoms with Crippen LogP contribution in [0.3, 0.4) is 0 Å². The smallest absolute Gasteiger partial charge is 0.409 e. The van der Waals surface area contributed by atoms with Gasteiger partial charge in [-0.3, -0.25) is 0 Å². The predicted molar refractivity (Wildman–Crippen MR) is 235 cm³/mol. The Hall–Kier alpha value is 3.26. The highest BCUT2D eigenvalue weighted by atomic mass is 28.5. The average molecular weight is 1050 g/mol. The molecule has 0 aromatic rings. The van der Waals surface area contributed by atoms with Gasteiger partial charge >= 0.3 is 56.4 Å². The minimum absolute atomic E-state index is 0.0285. The van der Waals surface area contributed by atoms with Crippen molar-refractivity contribution in [2.24, 2.45) is 0 Å². The van der Waals surface area contributed by atoms with Gasteiger partial charge in [-0.25, -0.2) is 0 Å². The van der Waals surface area contributed by atoms with Crippen molar-refractivity contribution in [3.63, 3.8) is 0 Å². The summed E-state index contributed by atoms with van der Waals surface area (Å²) in [6.45, 7) is 23.1. The molecule has 3 aliphatic heterocycles. The van der Waals surface area contributed by atoms with Crippen molar-refractivity contribution in [1.29, 1.82) is 0 Å². The maximum Gasteiger partial charge on any atom is 0.409 e. The van der Waals surface area contributed by atoms with E-state index in [1.54, 1.807) is 0 Å². The van der Waals surface area contributed by atoms with Crippen molar-refractivity contribution in [2.75, 3.05) is 0 Å². The maximum absolute atomic E-state index is 6.55. The Labute approximate surface area is 351 Å². The second-order valence-corrected chi connectivity index (χ2v) is 50.5. The van der Waals surface area contributed by atoms with Gasteiger partial charge in [0.2, 0.25) is 29.3 Å². The van der Waals surface area contributed by atoms with E-state index in [-0.39, 0.29) is 20.0 Å². The third kappa shape index (κ3) is 23.2. The predicted octanol–water partition coefficient (Wildman–Crippen LogP) is 0.0178. The summed E-state index contributed by atoms with van der Waals surface area (Å²) in [5, 5.41) is 0.